The van der Waals surface area contributed by atoms with Crippen molar-refractivity contribution in [3.63, 3.8) is 0 Å². The maximum absolute atomic E-state index is 14.0. The van der Waals surface area contributed by atoms with Gasteiger partial charge < -0.3 is 14.0 Å². The first-order valence-electron chi connectivity index (χ1n) is 6.41. The summed E-state index contributed by atoms with van der Waals surface area (Å²) in [6.07, 6.45) is 0. The lowest BCUT2D eigenvalue weighted by molar-refractivity contribution is 0.00578. The summed E-state index contributed by atoms with van der Waals surface area (Å²) in [6.45, 7) is 7.54. The molecule has 0 bridgehead atoms. The fourth-order valence-electron chi connectivity index (χ4n) is 1.94. The normalized spacial score (nSPS) is 20.0. The summed E-state index contributed by atoms with van der Waals surface area (Å²) in [5.74, 6) is -1.00. The van der Waals surface area contributed by atoms with E-state index < -0.39 is 30.1 Å². The molecular formula is C14H18BFO4. The molecule has 0 spiro atoms. The van der Waals surface area contributed by atoms with Crippen molar-refractivity contribution in [3.8, 4) is 0 Å². The van der Waals surface area contributed by atoms with Gasteiger partial charge in [-0.25, -0.2) is 9.18 Å². The first kappa shape index (κ1) is 15.0. The molecule has 0 aromatic heterocycles. The topological polar surface area (TPSA) is 44.8 Å². The number of hydrogen-bond acceptors (Lipinski definition) is 4. The first-order valence-corrected chi connectivity index (χ1v) is 6.41. The minimum atomic E-state index is -0.843. The maximum atomic E-state index is 14.0. The molecule has 1 fully saturated rings. The average Bonchev–Trinajstić information content (AvgIpc) is 2.58. The van der Waals surface area contributed by atoms with E-state index >= 15 is 0 Å². The van der Waals surface area contributed by atoms with E-state index in [-0.39, 0.29) is 11.0 Å². The number of carbonyl (C=O) groups excluding carboxylic acids is 1. The number of ether oxygens (including phenoxy) is 1. The Morgan fingerprint density at radius 1 is 1.20 bits per heavy atom. The summed E-state index contributed by atoms with van der Waals surface area (Å²) < 4.78 is 30.2. The van der Waals surface area contributed by atoms with Gasteiger partial charge in [0, 0.05) is 5.46 Å². The third-order valence-electron chi connectivity index (χ3n) is 3.92. The molecule has 1 aromatic rings. The molecule has 4 nitrogen and oxygen atoms in total. The van der Waals surface area contributed by atoms with Crippen molar-refractivity contribution in [2.24, 2.45) is 0 Å². The summed E-state index contributed by atoms with van der Waals surface area (Å²) in [5, 5.41) is 0. The maximum Gasteiger partial charge on any atom is 0.497 e. The molecular weight excluding hydrogens is 262 g/mol. The zero-order valence-corrected chi connectivity index (χ0v) is 12.3. The van der Waals surface area contributed by atoms with E-state index in [9.17, 15) is 9.18 Å². The van der Waals surface area contributed by atoms with Crippen molar-refractivity contribution < 1.29 is 23.2 Å². The van der Waals surface area contributed by atoms with Crippen LogP contribution in [0.15, 0.2) is 18.2 Å². The van der Waals surface area contributed by atoms with Crippen LogP contribution < -0.4 is 5.46 Å². The van der Waals surface area contributed by atoms with E-state index in [1.807, 2.05) is 27.7 Å². The summed E-state index contributed by atoms with van der Waals surface area (Å²) >= 11 is 0. The van der Waals surface area contributed by atoms with E-state index in [2.05, 4.69) is 4.74 Å². The minimum absolute atomic E-state index is 0.201. The molecule has 6 heteroatoms. The molecule has 2 rings (SSSR count). The van der Waals surface area contributed by atoms with Gasteiger partial charge in [-0.3, -0.25) is 0 Å². The number of benzene rings is 1. The molecule has 1 aromatic carbocycles. The van der Waals surface area contributed by atoms with Gasteiger partial charge in [0.15, 0.2) is 0 Å². The Balaban J connectivity index is 2.37. The van der Waals surface area contributed by atoms with Crippen molar-refractivity contribution in [1.82, 2.24) is 0 Å². The van der Waals surface area contributed by atoms with Gasteiger partial charge >= 0.3 is 13.1 Å². The first-order chi connectivity index (χ1) is 9.18. The van der Waals surface area contributed by atoms with E-state index in [1.165, 1.54) is 25.3 Å². The van der Waals surface area contributed by atoms with Crippen LogP contribution in [-0.2, 0) is 14.0 Å². The molecule has 108 valence electrons. The Labute approximate surface area is 118 Å². The molecule has 0 amide bonds. The van der Waals surface area contributed by atoms with Crippen molar-refractivity contribution in [1.29, 1.82) is 0 Å². The van der Waals surface area contributed by atoms with Crippen LogP contribution in [0.5, 0.6) is 0 Å². The van der Waals surface area contributed by atoms with Crippen molar-refractivity contribution >= 4 is 18.6 Å². The lowest BCUT2D eigenvalue weighted by atomic mass is 9.78. The van der Waals surface area contributed by atoms with Gasteiger partial charge in [-0.1, -0.05) is 0 Å². The monoisotopic (exact) mass is 280 g/mol. The predicted molar refractivity (Wildman–Crippen MR) is 73.5 cm³/mol. The summed E-state index contributed by atoms with van der Waals surface area (Å²) in [6, 6.07) is 3.99. The largest absolute Gasteiger partial charge is 0.497 e. The van der Waals surface area contributed by atoms with Crippen LogP contribution in [0, 0.1) is 5.82 Å². The lowest BCUT2D eigenvalue weighted by Gasteiger charge is -2.32. The second kappa shape index (κ2) is 4.86. The molecule has 0 saturated carbocycles. The second-order valence-corrected chi connectivity index (χ2v) is 5.82. The highest BCUT2D eigenvalue weighted by molar-refractivity contribution is 6.62. The van der Waals surface area contributed by atoms with Crippen LogP contribution in [0.25, 0.3) is 0 Å². The van der Waals surface area contributed by atoms with Gasteiger partial charge in [0.1, 0.15) is 5.82 Å². The number of halogens is 1. The van der Waals surface area contributed by atoms with Gasteiger partial charge in [0.25, 0.3) is 0 Å². The number of carbonyl (C=O) groups is 1. The van der Waals surface area contributed by atoms with Crippen LogP contribution in [0.3, 0.4) is 0 Å². The molecule has 0 aliphatic carbocycles. The number of rotatable bonds is 2. The van der Waals surface area contributed by atoms with Crippen LogP contribution in [0.4, 0.5) is 4.39 Å². The molecule has 1 heterocycles. The Morgan fingerprint density at radius 2 is 1.75 bits per heavy atom. The molecule has 1 aliphatic rings. The predicted octanol–water partition coefficient (Wildman–Crippen LogP) is 1.91. The van der Waals surface area contributed by atoms with Crippen molar-refractivity contribution in [2.45, 2.75) is 38.9 Å². The van der Waals surface area contributed by atoms with Crippen molar-refractivity contribution in [3.05, 3.63) is 29.6 Å². The highest BCUT2D eigenvalue weighted by Gasteiger charge is 2.52. The van der Waals surface area contributed by atoms with E-state index in [4.69, 9.17) is 9.31 Å². The lowest BCUT2D eigenvalue weighted by Crippen LogP contribution is -2.41. The SMILES string of the molecule is COC(=O)c1ccc(F)c(B2OC(C)(C)C(C)(C)O2)c1. The average molecular weight is 280 g/mol. The summed E-state index contributed by atoms with van der Waals surface area (Å²) in [4.78, 5) is 11.5. The highest BCUT2D eigenvalue weighted by Crippen LogP contribution is 2.36. The van der Waals surface area contributed by atoms with E-state index in [0.29, 0.717) is 0 Å². The smallest absolute Gasteiger partial charge is 0.465 e. The number of methoxy groups -OCH3 is 1. The van der Waals surface area contributed by atoms with Crippen LogP contribution in [-0.4, -0.2) is 31.4 Å². The molecule has 0 atom stereocenters. The van der Waals surface area contributed by atoms with Crippen LogP contribution in [0.2, 0.25) is 0 Å². The third-order valence-corrected chi connectivity index (χ3v) is 3.92. The van der Waals surface area contributed by atoms with Gasteiger partial charge in [-0.2, -0.15) is 0 Å². The fourth-order valence-corrected chi connectivity index (χ4v) is 1.94. The Morgan fingerprint density at radius 3 is 2.25 bits per heavy atom. The quantitative estimate of drug-likeness (QED) is 0.613. The third kappa shape index (κ3) is 2.45. The van der Waals surface area contributed by atoms with Crippen LogP contribution >= 0.6 is 0 Å². The van der Waals surface area contributed by atoms with Gasteiger partial charge in [-0.05, 0) is 45.9 Å². The Hall–Kier alpha value is -1.40. The van der Waals surface area contributed by atoms with Gasteiger partial charge in [-0.15, -0.1) is 0 Å². The molecule has 1 aliphatic heterocycles. The molecule has 0 radical (unpaired) electrons. The fraction of sp³-hybridized carbons (Fsp3) is 0.500. The highest BCUT2D eigenvalue weighted by atomic mass is 19.1. The van der Waals surface area contributed by atoms with Gasteiger partial charge in [0.2, 0.25) is 0 Å². The van der Waals surface area contributed by atoms with E-state index in [0.717, 1.165) is 0 Å². The molecule has 1 saturated heterocycles. The van der Waals surface area contributed by atoms with Crippen LogP contribution in [0.1, 0.15) is 38.1 Å². The Kier molecular flexibility index (Phi) is 3.65. The van der Waals surface area contributed by atoms with Crippen molar-refractivity contribution in [2.75, 3.05) is 7.11 Å². The zero-order chi connectivity index (χ0) is 15.1. The summed E-state index contributed by atoms with van der Waals surface area (Å²) in [7, 11) is 0.435. The number of esters is 1. The standard InChI is InChI=1S/C14H18BFO4/c1-13(2)14(3,4)20-15(19-13)10-8-9(12(17)18-5)6-7-11(10)16/h6-8H,1-5H3. The van der Waals surface area contributed by atoms with E-state index in [1.54, 1.807) is 0 Å². The molecule has 0 unspecified atom stereocenters. The zero-order valence-electron chi connectivity index (χ0n) is 12.3. The molecule has 0 N–H and O–H groups in total. The van der Waals surface area contributed by atoms with Gasteiger partial charge in [0.05, 0.1) is 23.9 Å². The second-order valence-electron chi connectivity index (χ2n) is 5.82. The Bertz CT molecular complexity index is 526. The number of hydrogen-bond donors (Lipinski definition) is 0. The summed E-state index contributed by atoms with van der Waals surface area (Å²) in [5.41, 5.74) is -0.665. The molecule has 20 heavy (non-hydrogen) atoms. The minimum Gasteiger partial charge on any atom is -0.465 e.